The van der Waals surface area contributed by atoms with Crippen molar-refractivity contribution in [1.82, 2.24) is 4.31 Å². The lowest BCUT2D eigenvalue weighted by Gasteiger charge is -2.41. The number of hydrogen-bond acceptors (Lipinski definition) is 3. The lowest BCUT2D eigenvalue weighted by atomic mass is 9.67. The summed E-state index contributed by atoms with van der Waals surface area (Å²) < 4.78 is 40.0. The summed E-state index contributed by atoms with van der Waals surface area (Å²) >= 11 is 0. The summed E-state index contributed by atoms with van der Waals surface area (Å²) in [7, 11) is -3.33. The minimum atomic E-state index is -3.33. The van der Waals surface area contributed by atoms with Gasteiger partial charge < -0.3 is 5.11 Å². The predicted octanol–water partition coefficient (Wildman–Crippen LogP) is 2.48. The van der Waals surface area contributed by atoms with Crippen LogP contribution in [-0.2, 0) is 15.6 Å². The fourth-order valence-electron chi connectivity index (χ4n) is 4.11. The molecule has 1 heterocycles. The van der Waals surface area contributed by atoms with Crippen molar-refractivity contribution in [2.45, 2.75) is 44.0 Å². The van der Waals surface area contributed by atoms with Gasteiger partial charge in [-0.2, -0.15) is 0 Å². The second-order valence-corrected chi connectivity index (χ2v) is 9.59. The third kappa shape index (κ3) is 2.81. The predicted molar refractivity (Wildman–Crippen MR) is 86.8 cm³/mol. The molecule has 2 fully saturated rings. The first-order valence-electron chi connectivity index (χ1n) is 8.22. The maximum Gasteiger partial charge on any atom is 0.216 e. The van der Waals surface area contributed by atoms with Crippen LogP contribution in [0.15, 0.2) is 24.3 Å². The third-order valence-corrected chi connectivity index (χ3v) is 7.64. The first kappa shape index (κ1) is 16.9. The average Bonchev–Trinajstić information content (AvgIpc) is 2.93. The second kappa shape index (κ2) is 5.83. The number of halogens is 1. The van der Waals surface area contributed by atoms with Gasteiger partial charge in [0.1, 0.15) is 5.82 Å². The molecule has 2 aliphatic rings. The molecule has 0 unspecified atom stereocenters. The topological polar surface area (TPSA) is 57.6 Å². The first-order valence-corrected chi connectivity index (χ1v) is 9.73. The Morgan fingerprint density at radius 2 is 2.09 bits per heavy atom. The van der Waals surface area contributed by atoms with E-state index in [1.165, 1.54) is 16.4 Å². The monoisotopic (exact) mass is 341 g/mol. The molecule has 1 aliphatic carbocycles. The minimum absolute atomic E-state index is 0.130. The maximum absolute atomic E-state index is 13.6. The van der Waals surface area contributed by atoms with Crippen LogP contribution in [-0.4, -0.2) is 36.2 Å². The average molecular weight is 341 g/mol. The van der Waals surface area contributed by atoms with Gasteiger partial charge in [0.2, 0.25) is 10.0 Å². The van der Waals surface area contributed by atoms with Gasteiger partial charge in [0.25, 0.3) is 0 Å². The van der Waals surface area contributed by atoms with Gasteiger partial charge in [0.05, 0.1) is 10.9 Å². The summed E-state index contributed by atoms with van der Waals surface area (Å²) in [4.78, 5) is 0. The molecule has 1 N–H and O–H groups in total. The van der Waals surface area contributed by atoms with Gasteiger partial charge in [0.15, 0.2) is 0 Å². The van der Waals surface area contributed by atoms with Gasteiger partial charge in [-0.25, -0.2) is 17.1 Å². The Balaban J connectivity index is 1.93. The largest absolute Gasteiger partial charge is 0.385 e. The molecule has 6 heteroatoms. The van der Waals surface area contributed by atoms with Crippen LogP contribution in [0.1, 0.15) is 38.7 Å². The molecule has 0 spiro atoms. The van der Waals surface area contributed by atoms with Crippen molar-refractivity contribution in [3.63, 3.8) is 0 Å². The van der Waals surface area contributed by atoms with E-state index in [2.05, 4.69) is 0 Å². The smallest absolute Gasteiger partial charge is 0.216 e. The van der Waals surface area contributed by atoms with Crippen molar-refractivity contribution < 1.29 is 17.9 Å². The van der Waals surface area contributed by atoms with E-state index in [4.69, 9.17) is 0 Å². The first-order chi connectivity index (χ1) is 10.7. The molecule has 1 aromatic carbocycles. The molecule has 0 radical (unpaired) electrons. The van der Waals surface area contributed by atoms with E-state index >= 15 is 0 Å². The Morgan fingerprint density at radius 1 is 1.35 bits per heavy atom. The van der Waals surface area contributed by atoms with E-state index in [-0.39, 0.29) is 17.7 Å². The summed E-state index contributed by atoms with van der Waals surface area (Å²) in [6, 6.07) is 6.08. The van der Waals surface area contributed by atoms with E-state index < -0.39 is 20.9 Å². The SMILES string of the molecule is CC(C)S(=O)(=O)N1C[C@@H]2CCC[C@@](O)(c3cccc(F)c3)[C@H]2C1. The molecule has 1 aromatic rings. The van der Waals surface area contributed by atoms with Crippen LogP contribution in [0.2, 0.25) is 0 Å². The Kier molecular flexibility index (Phi) is 4.27. The van der Waals surface area contributed by atoms with E-state index in [0.717, 1.165) is 12.8 Å². The van der Waals surface area contributed by atoms with Crippen LogP contribution >= 0.6 is 0 Å². The fourth-order valence-corrected chi connectivity index (χ4v) is 5.47. The highest BCUT2D eigenvalue weighted by Crippen LogP contribution is 2.48. The zero-order valence-corrected chi connectivity index (χ0v) is 14.4. The molecule has 23 heavy (non-hydrogen) atoms. The number of aliphatic hydroxyl groups is 1. The Hall–Kier alpha value is -0.980. The number of rotatable bonds is 3. The summed E-state index contributed by atoms with van der Waals surface area (Å²) in [5.74, 6) is -0.417. The quantitative estimate of drug-likeness (QED) is 0.919. The van der Waals surface area contributed by atoms with E-state index in [9.17, 15) is 17.9 Å². The van der Waals surface area contributed by atoms with Gasteiger partial charge in [0, 0.05) is 19.0 Å². The summed E-state index contributed by atoms with van der Waals surface area (Å²) in [5, 5.41) is 10.8. The molecule has 1 saturated heterocycles. The molecule has 1 aliphatic heterocycles. The number of sulfonamides is 1. The molecule has 3 rings (SSSR count). The van der Waals surface area contributed by atoms with E-state index in [1.54, 1.807) is 26.0 Å². The molecule has 1 saturated carbocycles. The van der Waals surface area contributed by atoms with Crippen LogP contribution in [0.4, 0.5) is 4.39 Å². The summed E-state index contributed by atoms with van der Waals surface area (Å²) in [6.07, 6.45) is 2.28. The van der Waals surface area contributed by atoms with Crippen molar-refractivity contribution >= 4 is 10.0 Å². The highest BCUT2D eigenvalue weighted by Gasteiger charge is 2.52. The summed E-state index contributed by atoms with van der Waals surface area (Å²) in [5.41, 5.74) is -0.581. The summed E-state index contributed by atoms with van der Waals surface area (Å²) in [6.45, 7) is 4.13. The fraction of sp³-hybridized carbons (Fsp3) is 0.647. The van der Waals surface area contributed by atoms with Crippen LogP contribution in [0.25, 0.3) is 0 Å². The van der Waals surface area contributed by atoms with Crippen molar-refractivity contribution in [1.29, 1.82) is 0 Å². The molecule has 0 amide bonds. The normalized spacial score (nSPS) is 32.2. The molecule has 0 aromatic heterocycles. The number of hydrogen-bond donors (Lipinski definition) is 1. The van der Waals surface area contributed by atoms with Crippen LogP contribution in [0.3, 0.4) is 0 Å². The number of benzene rings is 1. The molecular weight excluding hydrogens is 317 g/mol. The van der Waals surface area contributed by atoms with Crippen LogP contribution < -0.4 is 0 Å². The third-order valence-electron chi connectivity index (χ3n) is 5.43. The highest BCUT2D eigenvalue weighted by molar-refractivity contribution is 7.89. The van der Waals surface area contributed by atoms with Crippen LogP contribution in [0.5, 0.6) is 0 Å². The van der Waals surface area contributed by atoms with Crippen molar-refractivity contribution in [2.75, 3.05) is 13.1 Å². The molecule has 0 bridgehead atoms. The van der Waals surface area contributed by atoms with Crippen molar-refractivity contribution in [2.24, 2.45) is 11.8 Å². The Bertz CT molecular complexity index is 691. The molecular formula is C17H24FNO3S. The second-order valence-electron chi connectivity index (χ2n) is 7.10. The van der Waals surface area contributed by atoms with Crippen molar-refractivity contribution in [3.8, 4) is 0 Å². The minimum Gasteiger partial charge on any atom is -0.385 e. The van der Waals surface area contributed by atoms with Gasteiger partial charge >= 0.3 is 0 Å². The van der Waals surface area contributed by atoms with E-state index in [0.29, 0.717) is 25.1 Å². The zero-order chi connectivity index (χ0) is 16.8. The number of fused-ring (bicyclic) bond motifs is 1. The number of nitrogens with zero attached hydrogens (tertiary/aromatic N) is 1. The Morgan fingerprint density at radius 3 is 2.74 bits per heavy atom. The lowest BCUT2D eigenvalue weighted by Crippen LogP contribution is -2.43. The van der Waals surface area contributed by atoms with E-state index in [1.807, 2.05) is 0 Å². The molecule has 128 valence electrons. The van der Waals surface area contributed by atoms with Gasteiger partial charge in [-0.15, -0.1) is 0 Å². The molecule has 4 nitrogen and oxygen atoms in total. The standard InChI is InChI=1S/C17H24FNO3S/c1-12(2)23(21,22)19-10-13-5-4-8-17(20,16(13)11-19)14-6-3-7-15(18)9-14/h3,6-7,9,12-13,16,20H,4-5,8,10-11H2,1-2H3/t13-,16-,17+/m0/s1. The van der Waals surface area contributed by atoms with Gasteiger partial charge in [-0.05, 0) is 56.7 Å². The Labute approximate surface area is 137 Å². The zero-order valence-electron chi connectivity index (χ0n) is 13.6. The van der Waals surface area contributed by atoms with Crippen LogP contribution in [0, 0.1) is 17.7 Å². The molecule has 3 atom stereocenters. The van der Waals surface area contributed by atoms with Gasteiger partial charge in [-0.1, -0.05) is 12.1 Å². The maximum atomic E-state index is 13.6. The van der Waals surface area contributed by atoms with Crippen molar-refractivity contribution in [3.05, 3.63) is 35.6 Å². The van der Waals surface area contributed by atoms with Gasteiger partial charge in [-0.3, -0.25) is 0 Å². The lowest BCUT2D eigenvalue weighted by molar-refractivity contribution is -0.0642. The highest BCUT2D eigenvalue weighted by atomic mass is 32.2.